The van der Waals surface area contributed by atoms with Crippen molar-refractivity contribution in [2.75, 3.05) is 19.6 Å². The maximum absolute atomic E-state index is 12.6. The van der Waals surface area contributed by atoms with Gasteiger partial charge in [0.2, 0.25) is 10.3 Å². The topological polar surface area (TPSA) is 98.9 Å². The number of aromatic nitrogens is 3. The molecule has 1 saturated heterocycles. The molecule has 7 nitrogen and oxygen atoms in total. The zero-order chi connectivity index (χ0) is 21.4. The molecule has 0 radical (unpaired) electrons. The van der Waals surface area contributed by atoms with Crippen molar-refractivity contribution < 1.29 is 8.42 Å². The maximum Gasteiger partial charge on any atom is 0.259 e. The van der Waals surface area contributed by atoms with Gasteiger partial charge in [-0.05, 0) is 54.5 Å². The van der Waals surface area contributed by atoms with Gasteiger partial charge in [-0.15, -0.1) is 0 Å². The molecule has 2 aromatic heterocycles. The molecule has 0 bridgehead atoms. The molecule has 5 rings (SSSR count). The largest absolute Gasteiger partial charge is 0.338 e. The van der Waals surface area contributed by atoms with E-state index in [-0.39, 0.29) is 13.0 Å². The number of fused-ring (bicyclic) bond motifs is 2. The second-order valence-electron chi connectivity index (χ2n) is 7.90. The van der Waals surface area contributed by atoms with Crippen LogP contribution in [0.4, 0.5) is 0 Å². The Morgan fingerprint density at radius 2 is 1.75 bits per heavy atom. The summed E-state index contributed by atoms with van der Waals surface area (Å²) in [4.78, 5) is 26.3. The van der Waals surface area contributed by atoms with Crippen LogP contribution in [0.5, 0.6) is 0 Å². The van der Waals surface area contributed by atoms with E-state index < -0.39 is 10.3 Å². The van der Waals surface area contributed by atoms with Crippen molar-refractivity contribution in [1.82, 2.24) is 19.9 Å². The zero-order valence-electron chi connectivity index (χ0n) is 16.9. The lowest BCUT2D eigenvalue weighted by Gasteiger charge is -2.26. The molecular weight excluding hydrogens is 424 g/mol. The highest BCUT2D eigenvalue weighted by atomic mass is 32.2. The van der Waals surface area contributed by atoms with Crippen molar-refractivity contribution in [1.29, 1.82) is 0 Å². The highest BCUT2D eigenvalue weighted by molar-refractivity contribution is 7.73. The van der Waals surface area contributed by atoms with Gasteiger partial charge in [-0.2, -0.15) is 8.42 Å². The van der Waals surface area contributed by atoms with Crippen LogP contribution in [-0.4, -0.2) is 52.8 Å². The standard InChI is InChI=1S/C23H22N4O3S.CH4/c28-23-18(14-16-3-1-2-4-19(16)26-23)22-24-20-6-5-15(13-21(20)25-22)7-10-27-11-8-17(9-12-27)31(29)30;/h1-6,13-14H,7-12H2,(H,24,25)(H,26,28);1H4. The van der Waals surface area contributed by atoms with Crippen molar-refractivity contribution in [3.05, 3.63) is 64.4 Å². The molecule has 1 aliphatic rings. The SMILES string of the molecule is C.O=c1[nH]c2ccccc2cc1-c1nc2cc(CCN3CCC(=S(=O)=O)CC3)ccc2[nH]1. The smallest absolute Gasteiger partial charge is 0.259 e. The van der Waals surface area contributed by atoms with Gasteiger partial charge in [-0.25, -0.2) is 4.98 Å². The van der Waals surface area contributed by atoms with E-state index in [2.05, 4.69) is 32.0 Å². The molecule has 8 heteroatoms. The molecule has 0 amide bonds. The molecule has 166 valence electrons. The molecule has 3 heterocycles. The minimum atomic E-state index is -2.04. The Labute approximate surface area is 187 Å². The predicted molar refractivity (Wildman–Crippen MR) is 130 cm³/mol. The van der Waals surface area contributed by atoms with Crippen LogP contribution in [0.3, 0.4) is 0 Å². The molecule has 0 unspecified atom stereocenters. The second-order valence-corrected chi connectivity index (χ2v) is 8.95. The van der Waals surface area contributed by atoms with Gasteiger partial charge in [0.15, 0.2) is 0 Å². The number of aromatic amines is 2. The Morgan fingerprint density at radius 1 is 0.969 bits per heavy atom. The average Bonchev–Trinajstić information content (AvgIpc) is 3.20. The summed E-state index contributed by atoms with van der Waals surface area (Å²) in [5.41, 5.74) is 4.04. The van der Waals surface area contributed by atoms with Crippen molar-refractivity contribution in [2.45, 2.75) is 26.7 Å². The van der Waals surface area contributed by atoms with E-state index in [1.807, 2.05) is 36.4 Å². The maximum atomic E-state index is 12.6. The number of hydrogen-bond donors (Lipinski definition) is 2. The van der Waals surface area contributed by atoms with E-state index in [0.717, 1.165) is 48.0 Å². The van der Waals surface area contributed by atoms with Crippen molar-refractivity contribution in [3.63, 3.8) is 0 Å². The minimum Gasteiger partial charge on any atom is -0.338 e. The first-order chi connectivity index (χ1) is 15.1. The second kappa shape index (κ2) is 9.10. The van der Waals surface area contributed by atoms with Crippen molar-refractivity contribution in [3.8, 4) is 11.4 Å². The molecule has 2 aromatic carbocycles. The first-order valence-electron chi connectivity index (χ1n) is 10.3. The summed E-state index contributed by atoms with van der Waals surface area (Å²) in [6.07, 6.45) is 2.11. The Balaban J connectivity index is 0.00000245. The molecule has 2 N–H and O–H groups in total. The molecule has 4 aromatic rings. The number of piperidine rings is 1. The third-order valence-electron chi connectivity index (χ3n) is 5.92. The number of pyridine rings is 1. The van der Waals surface area contributed by atoms with Gasteiger partial charge in [-0.3, -0.25) is 4.79 Å². The van der Waals surface area contributed by atoms with Crippen LogP contribution in [0.25, 0.3) is 33.3 Å². The Kier molecular flexibility index (Phi) is 6.25. The van der Waals surface area contributed by atoms with Crippen LogP contribution < -0.4 is 5.56 Å². The van der Waals surface area contributed by atoms with E-state index in [4.69, 9.17) is 0 Å². The van der Waals surface area contributed by atoms with Crippen LogP contribution in [0.1, 0.15) is 25.8 Å². The lowest BCUT2D eigenvalue weighted by Crippen LogP contribution is -2.35. The molecule has 1 fully saturated rings. The Bertz CT molecular complexity index is 1470. The first-order valence-corrected chi connectivity index (χ1v) is 11.4. The molecule has 32 heavy (non-hydrogen) atoms. The summed E-state index contributed by atoms with van der Waals surface area (Å²) in [7, 11) is -2.04. The van der Waals surface area contributed by atoms with E-state index in [1.165, 1.54) is 5.56 Å². The number of rotatable bonds is 4. The lowest BCUT2D eigenvalue weighted by atomic mass is 10.1. The van der Waals surface area contributed by atoms with Crippen LogP contribution in [0.15, 0.2) is 53.3 Å². The summed E-state index contributed by atoms with van der Waals surface area (Å²) >= 11 is 0. The molecule has 0 aliphatic carbocycles. The molecular formula is C24H26N4O3S. The van der Waals surface area contributed by atoms with Gasteiger partial charge < -0.3 is 14.9 Å². The summed E-state index contributed by atoms with van der Waals surface area (Å²) in [6.45, 7) is 2.44. The quantitative estimate of drug-likeness (QED) is 0.464. The number of H-pyrrole nitrogens is 2. The highest BCUT2D eigenvalue weighted by Gasteiger charge is 2.16. The normalized spacial score (nSPS) is 14.6. The van der Waals surface area contributed by atoms with Crippen LogP contribution in [-0.2, 0) is 16.7 Å². The van der Waals surface area contributed by atoms with Gasteiger partial charge in [0.25, 0.3) is 5.56 Å². The molecule has 1 aliphatic heterocycles. The third kappa shape index (κ3) is 4.37. The fraction of sp³-hybridized carbons (Fsp3) is 0.292. The fourth-order valence-corrected chi connectivity index (χ4v) is 4.65. The van der Waals surface area contributed by atoms with Gasteiger partial charge >= 0.3 is 0 Å². The average molecular weight is 451 g/mol. The highest BCUT2D eigenvalue weighted by Crippen LogP contribution is 2.22. The van der Waals surface area contributed by atoms with Gasteiger partial charge in [0.1, 0.15) is 5.82 Å². The van der Waals surface area contributed by atoms with E-state index in [0.29, 0.717) is 29.1 Å². The number of nitrogens with one attached hydrogen (secondary N) is 2. The molecule has 0 atom stereocenters. The van der Waals surface area contributed by atoms with Crippen molar-refractivity contribution >= 4 is 37.1 Å². The monoisotopic (exact) mass is 450 g/mol. The number of imidazole rings is 1. The summed E-state index contributed by atoms with van der Waals surface area (Å²) in [5.74, 6) is 0.559. The number of hydrogen-bond acceptors (Lipinski definition) is 5. The van der Waals surface area contributed by atoms with Gasteiger partial charge in [0, 0.05) is 25.2 Å². The summed E-state index contributed by atoms with van der Waals surface area (Å²) in [5, 5.41) is 0.959. The Morgan fingerprint density at radius 3 is 2.53 bits per heavy atom. The van der Waals surface area contributed by atoms with E-state index in [1.54, 1.807) is 0 Å². The number of benzene rings is 2. The summed E-state index contributed by atoms with van der Waals surface area (Å²) in [6, 6.07) is 15.7. The lowest BCUT2D eigenvalue weighted by molar-refractivity contribution is 0.279. The van der Waals surface area contributed by atoms with Crippen LogP contribution in [0.2, 0.25) is 0 Å². The number of para-hydroxylation sites is 1. The van der Waals surface area contributed by atoms with Gasteiger partial charge in [0.05, 0.1) is 21.5 Å². The Hall–Kier alpha value is -3.23. The first kappa shape index (κ1) is 22.0. The van der Waals surface area contributed by atoms with Crippen molar-refractivity contribution in [2.24, 2.45) is 0 Å². The van der Waals surface area contributed by atoms with E-state index in [9.17, 15) is 13.2 Å². The van der Waals surface area contributed by atoms with Crippen LogP contribution >= 0.6 is 0 Å². The number of likely N-dealkylation sites (tertiary alicyclic amines) is 1. The summed E-state index contributed by atoms with van der Waals surface area (Å²) < 4.78 is 22.1. The van der Waals surface area contributed by atoms with Crippen LogP contribution in [0, 0.1) is 0 Å². The van der Waals surface area contributed by atoms with Gasteiger partial charge in [-0.1, -0.05) is 31.7 Å². The number of nitrogens with zero attached hydrogens (tertiary/aromatic N) is 2. The third-order valence-corrected chi connectivity index (χ3v) is 6.80. The fourth-order valence-electron chi connectivity index (χ4n) is 4.14. The predicted octanol–water partition coefficient (Wildman–Crippen LogP) is 3.40. The molecule has 0 saturated carbocycles. The van der Waals surface area contributed by atoms with E-state index >= 15 is 0 Å². The zero-order valence-corrected chi connectivity index (χ0v) is 17.7. The minimum absolute atomic E-state index is 0. The molecule has 0 spiro atoms.